The van der Waals surface area contributed by atoms with Crippen molar-refractivity contribution in [1.29, 1.82) is 0 Å². The lowest BCUT2D eigenvalue weighted by molar-refractivity contribution is -0.147. The van der Waals surface area contributed by atoms with Crippen LogP contribution in [0.1, 0.15) is 46.5 Å². The summed E-state index contributed by atoms with van der Waals surface area (Å²) in [5.74, 6) is 0.448. The van der Waals surface area contributed by atoms with Gasteiger partial charge in [0.2, 0.25) is 0 Å². The zero-order valence-corrected chi connectivity index (χ0v) is 11.2. The van der Waals surface area contributed by atoms with Crippen molar-refractivity contribution in [3.05, 3.63) is 23.8 Å². The second kappa shape index (κ2) is 3.96. The smallest absolute Gasteiger partial charge is 0.115 e. The lowest BCUT2D eigenvalue weighted by Crippen LogP contribution is -2.55. The molecule has 2 nitrogen and oxygen atoms in total. The summed E-state index contributed by atoms with van der Waals surface area (Å²) in [4.78, 5) is 0. The van der Waals surface area contributed by atoms with Crippen LogP contribution in [0.2, 0.25) is 0 Å². The third-order valence-electron chi connectivity index (χ3n) is 5.09. The molecule has 2 rings (SSSR count). The van der Waals surface area contributed by atoms with Gasteiger partial charge in [-0.05, 0) is 56.9 Å². The van der Waals surface area contributed by atoms with E-state index in [-0.39, 0.29) is 5.92 Å². The predicted octanol–water partition coefficient (Wildman–Crippen LogP) is 2.81. The minimum Gasteiger partial charge on any atom is -0.386 e. The normalized spacial score (nSPS) is 46.1. The minimum atomic E-state index is -1.05. The highest BCUT2D eigenvalue weighted by molar-refractivity contribution is 5.32. The van der Waals surface area contributed by atoms with Gasteiger partial charge in [0.1, 0.15) is 11.2 Å². The summed E-state index contributed by atoms with van der Waals surface area (Å²) < 4.78 is 0. The van der Waals surface area contributed by atoms with Crippen LogP contribution in [0.15, 0.2) is 23.8 Å². The Hall–Kier alpha value is -0.600. The molecule has 2 heteroatoms. The van der Waals surface area contributed by atoms with E-state index in [1.54, 1.807) is 0 Å². The van der Waals surface area contributed by atoms with Crippen molar-refractivity contribution in [3.63, 3.8) is 0 Å². The Labute approximate surface area is 104 Å². The highest BCUT2D eigenvalue weighted by Crippen LogP contribution is 2.52. The number of fused-ring (bicyclic) bond motifs is 1. The van der Waals surface area contributed by atoms with E-state index in [0.29, 0.717) is 18.8 Å². The first-order valence-corrected chi connectivity index (χ1v) is 6.58. The van der Waals surface area contributed by atoms with Gasteiger partial charge in [0.25, 0.3) is 0 Å². The molecule has 0 aromatic heterocycles. The molecule has 0 aliphatic heterocycles. The Bertz CT molecular complexity index is 371. The molecule has 0 saturated heterocycles. The van der Waals surface area contributed by atoms with Gasteiger partial charge in [-0.3, -0.25) is 0 Å². The molecule has 96 valence electrons. The summed E-state index contributed by atoms with van der Waals surface area (Å²) in [7, 11) is 0. The van der Waals surface area contributed by atoms with Crippen molar-refractivity contribution in [1.82, 2.24) is 0 Å². The van der Waals surface area contributed by atoms with E-state index < -0.39 is 11.2 Å². The monoisotopic (exact) mass is 236 g/mol. The first-order chi connectivity index (χ1) is 7.81. The van der Waals surface area contributed by atoms with Gasteiger partial charge in [0.05, 0.1) is 0 Å². The average Bonchev–Trinajstić information content (AvgIpc) is 2.42. The molecule has 0 radical (unpaired) electrons. The van der Waals surface area contributed by atoms with E-state index in [1.165, 1.54) is 0 Å². The summed E-state index contributed by atoms with van der Waals surface area (Å²) in [5.41, 5.74) is 0.0305. The summed E-state index contributed by atoms with van der Waals surface area (Å²) in [6.45, 7) is 10.0. The average molecular weight is 236 g/mol. The summed E-state index contributed by atoms with van der Waals surface area (Å²) >= 11 is 0. The lowest BCUT2D eigenvalue weighted by Gasteiger charge is -2.43. The van der Waals surface area contributed by atoms with Gasteiger partial charge >= 0.3 is 0 Å². The third-order valence-corrected chi connectivity index (χ3v) is 5.09. The zero-order valence-electron chi connectivity index (χ0n) is 11.2. The predicted molar refractivity (Wildman–Crippen MR) is 69.6 cm³/mol. The standard InChI is InChI=1S/C15H24O2/c1-10(2)13-6-5-11(3)14(16)8-7-12(4)15(14,17)9-13/h7,11,13,16-17H,1,5-6,8-9H2,2-4H3/t11?,13?,14-,15-/m0/s1. The van der Waals surface area contributed by atoms with Crippen molar-refractivity contribution in [2.24, 2.45) is 11.8 Å². The zero-order chi connectivity index (χ0) is 12.8. The first kappa shape index (κ1) is 12.8. The highest BCUT2D eigenvalue weighted by Gasteiger charge is 2.57. The molecular weight excluding hydrogens is 212 g/mol. The van der Waals surface area contributed by atoms with Crippen LogP contribution >= 0.6 is 0 Å². The van der Waals surface area contributed by atoms with Crippen LogP contribution in [-0.2, 0) is 0 Å². The van der Waals surface area contributed by atoms with Gasteiger partial charge in [0, 0.05) is 0 Å². The maximum atomic E-state index is 10.9. The van der Waals surface area contributed by atoms with Crippen molar-refractivity contribution in [2.45, 2.75) is 57.7 Å². The van der Waals surface area contributed by atoms with Crippen LogP contribution in [0.5, 0.6) is 0 Å². The second-order valence-electron chi connectivity index (χ2n) is 6.10. The Morgan fingerprint density at radius 3 is 2.65 bits per heavy atom. The molecule has 0 aromatic carbocycles. The third kappa shape index (κ3) is 1.69. The van der Waals surface area contributed by atoms with Gasteiger partial charge in [-0.1, -0.05) is 25.2 Å². The van der Waals surface area contributed by atoms with E-state index in [2.05, 4.69) is 13.5 Å². The molecule has 0 amide bonds. The molecule has 0 aromatic rings. The minimum absolute atomic E-state index is 0.130. The fourth-order valence-corrected chi connectivity index (χ4v) is 3.50. The Kier molecular flexibility index (Phi) is 2.99. The van der Waals surface area contributed by atoms with Crippen molar-refractivity contribution >= 4 is 0 Å². The largest absolute Gasteiger partial charge is 0.386 e. The van der Waals surface area contributed by atoms with E-state index in [4.69, 9.17) is 0 Å². The van der Waals surface area contributed by atoms with E-state index in [9.17, 15) is 10.2 Å². The molecule has 2 N–H and O–H groups in total. The summed E-state index contributed by atoms with van der Waals surface area (Å²) in [6, 6.07) is 0. The topological polar surface area (TPSA) is 40.5 Å². The van der Waals surface area contributed by atoms with Gasteiger partial charge < -0.3 is 10.2 Å². The molecular formula is C15H24O2. The van der Waals surface area contributed by atoms with E-state index >= 15 is 0 Å². The van der Waals surface area contributed by atoms with Gasteiger partial charge in [-0.2, -0.15) is 0 Å². The molecule has 2 aliphatic rings. The Morgan fingerprint density at radius 2 is 2.06 bits per heavy atom. The van der Waals surface area contributed by atoms with Crippen LogP contribution in [0.4, 0.5) is 0 Å². The molecule has 17 heavy (non-hydrogen) atoms. The number of allylic oxidation sites excluding steroid dienone is 1. The molecule has 1 fully saturated rings. The Balaban J connectivity index is 2.40. The maximum Gasteiger partial charge on any atom is 0.115 e. The van der Waals surface area contributed by atoms with Crippen LogP contribution < -0.4 is 0 Å². The number of hydrogen-bond donors (Lipinski definition) is 2. The summed E-state index contributed by atoms with van der Waals surface area (Å²) in [6.07, 6.45) is 5.17. The summed E-state index contributed by atoms with van der Waals surface area (Å²) in [5, 5.41) is 21.8. The molecule has 4 atom stereocenters. The highest BCUT2D eigenvalue weighted by atomic mass is 16.4. The second-order valence-corrected chi connectivity index (χ2v) is 6.10. The molecule has 2 aliphatic carbocycles. The molecule has 1 saturated carbocycles. The van der Waals surface area contributed by atoms with Gasteiger partial charge in [0.15, 0.2) is 0 Å². The van der Waals surface area contributed by atoms with E-state index in [1.807, 2.05) is 19.9 Å². The number of rotatable bonds is 1. The fraction of sp³-hybridized carbons (Fsp3) is 0.733. The lowest BCUT2D eigenvalue weighted by atomic mass is 9.72. The van der Waals surface area contributed by atoms with E-state index in [0.717, 1.165) is 24.0 Å². The van der Waals surface area contributed by atoms with Crippen molar-refractivity contribution in [2.75, 3.05) is 0 Å². The van der Waals surface area contributed by atoms with Crippen molar-refractivity contribution in [3.8, 4) is 0 Å². The first-order valence-electron chi connectivity index (χ1n) is 6.58. The quantitative estimate of drug-likeness (QED) is 0.687. The Morgan fingerprint density at radius 1 is 1.41 bits per heavy atom. The van der Waals surface area contributed by atoms with Crippen LogP contribution in [0.3, 0.4) is 0 Å². The maximum absolute atomic E-state index is 10.9. The van der Waals surface area contributed by atoms with Crippen LogP contribution in [0, 0.1) is 11.8 Å². The van der Waals surface area contributed by atoms with Gasteiger partial charge in [-0.25, -0.2) is 0 Å². The number of aliphatic hydroxyl groups is 2. The molecule has 0 spiro atoms. The molecule has 0 heterocycles. The SMILES string of the molecule is C=C(C)C1CCC(C)[C@@]2(O)CC=C(C)[C@@]2(O)C1. The molecule has 2 unspecified atom stereocenters. The number of hydrogen-bond acceptors (Lipinski definition) is 2. The fourth-order valence-electron chi connectivity index (χ4n) is 3.50. The van der Waals surface area contributed by atoms with Gasteiger partial charge in [-0.15, -0.1) is 0 Å². The molecule has 0 bridgehead atoms. The van der Waals surface area contributed by atoms with Crippen LogP contribution in [0.25, 0.3) is 0 Å². The van der Waals surface area contributed by atoms with Crippen molar-refractivity contribution < 1.29 is 10.2 Å². The van der Waals surface area contributed by atoms with Crippen LogP contribution in [-0.4, -0.2) is 21.4 Å².